The first-order chi connectivity index (χ1) is 16.8. The van der Waals surface area contributed by atoms with Gasteiger partial charge < -0.3 is 24.5 Å². The molecule has 2 atom stereocenters. The van der Waals surface area contributed by atoms with Crippen LogP contribution < -0.4 is 15.7 Å². The Balaban J connectivity index is 1.31. The van der Waals surface area contributed by atoms with Crippen molar-refractivity contribution in [3.63, 3.8) is 0 Å². The number of carbonyl (C=O) groups excluding carboxylic acids is 2. The van der Waals surface area contributed by atoms with E-state index in [0.29, 0.717) is 36.4 Å². The SMILES string of the molecule is CCCCc1cc(=O)oc2c(C)c(OCC(=O)NCC(=O)N3CCC4(O)CCCCC4C3)ccc12. The van der Waals surface area contributed by atoms with Gasteiger partial charge in [-0.3, -0.25) is 9.59 Å². The number of unbranched alkanes of at least 4 members (excludes halogenated alkanes) is 1. The first kappa shape index (κ1) is 25.2. The third kappa shape index (κ3) is 5.69. The van der Waals surface area contributed by atoms with Gasteiger partial charge >= 0.3 is 5.63 Å². The molecule has 2 N–H and O–H groups in total. The number of nitrogens with one attached hydrogen (secondary N) is 1. The fraction of sp³-hybridized carbons (Fsp3) is 0.593. The van der Waals surface area contributed by atoms with Crippen LogP contribution in [0, 0.1) is 12.8 Å². The number of hydrogen-bond donors (Lipinski definition) is 2. The second-order valence-electron chi connectivity index (χ2n) is 9.96. The number of likely N-dealkylation sites (tertiary alicyclic amines) is 1. The van der Waals surface area contributed by atoms with E-state index in [4.69, 9.17) is 9.15 Å². The molecule has 1 aromatic heterocycles. The van der Waals surface area contributed by atoms with Gasteiger partial charge in [-0.25, -0.2) is 4.79 Å². The minimum absolute atomic E-state index is 0.0975. The molecule has 0 bridgehead atoms. The number of aryl methyl sites for hydroxylation is 2. The summed E-state index contributed by atoms with van der Waals surface area (Å²) in [5.41, 5.74) is 1.05. The van der Waals surface area contributed by atoms with E-state index in [-0.39, 0.29) is 25.0 Å². The van der Waals surface area contributed by atoms with Gasteiger partial charge in [0, 0.05) is 36.0 Å². The number of benzene rings is 1. The monoisotopic (exact) mass is 484 g/mol. The van der Waals surface area contributed by atoms with Crippen molar-refractivity contribution in [1.29, 1.82) is 0 Å². The Hall–Kier alpha value is -2.87. The highest BCUT2D eigenvalue weighted by Gasteiger charge is 2.43. The number of hydrogen-bond acceptors (Lipinski definition) is 6. The fourth-order valence-electron chi connectivity index (χ4n) is 5.42. The van der Waals surface area contributed by atoms with Crippen molar-refractivity contribution in [3.05, 3.63) is 39.7 Å². The Bertz CT molecular complexity index is 1140. The summed E-state index contributed by atoms with van der Waals surface area (Å²) in [4.78, 5) is 38.8. The van der Waals surface area contributed by atoms with Crippen LogP contribution in [0.1, 0.15) is 63.0 Å². The molecule has 2 aromatic rings. The van der Waals surface area contributed by atoms with Crippen molar-refractivity contribution in [3.8, 4) is 5.75 Å². The maximum atomic E-state index is 12.6. The predicted octanol–water partition coefficient (Wildman–Crippen LogP) is 3.09. The van der Waals surface area contributed by atoms with Gasteiger partial charge in [-0.05, 0) is 56.7 Å². The van der Waals surface area contributed by atoms with Gasteiger partial charge in [0.15, 0.2) is 6.61 Å². The molecule has 190 valence electrons. The third-order valence-electron chi connectivity index (χ3n) is 7.57. The van der Waals surface area contributed by atoms with Crippen LogP contribution in [0.15, 0.2) is 27.4 Å². The van der Waals surface area contributed by atoms with E-state index in [9.17, 15) is 19.5 Å². The molecule has 2 amide bonds. The lowest BCUT2D eigenvalue weighted by Gasteiger charge is -2.47. The second kappa shape index (κ2) is 10.8. The fourth-order valence-corrected chi connectivity index (χ4v) is 5.42. The maximum Gasteiger partial charge on any atom is 0.336 e. The number of piperidine rings is 1. The van der Waals surface area contributed by atoms with Crippen LogP contribution >= 0.6 is 0 Å². The first-order valence-corrected chi connectivity index (χ1v) is 12.8. The summed E-state index contributed by atoms with van der Waals surface area (Å²) in [5.74, 6) is 0.0326. The minimum Gasteiger partial charge on any atom is -0.483 e. The molecule has 1 saturated heterocycles. The zero-order chi connectivity index (χ0) is 25.0. The standard InChI is InChI=1S/C27H36N2O6/c1-3-4-7-19-14-25(32)35-26-18(2)22(10-9-21(19)26)34-17-23(30)28-15-24(31)29-13-12-27(33)11-6-5-8-20(27)16-29/h9-10,14,20,33H,3-8,11-13,15-17H2,1-2H3,(H,28,30). The lowest BCUT2D eigenvalue weighted by Crippen LogP contribution is -2.56. The Morgan fingerprint density at radius 2 is 2.11 bits per heavy atom. The number of nitrogens with zero attached hydrogens (tertiary/aromatic N) is 1. The molecule has 2 aliphatic rings. The summed E-state index contributed by atoms with van der Waals surface area (Å²) in [6.45, 7) is 4.62. The highest BCUT2D eigenvalue weighted by molar-refractivity contribution is 5.86. The summed E-state index contributed by atoms with van der Waals surface area (Å²) in [5, 5.41) is 14.3. The van der Waals surface area contributed by atoms with Gasteiger partial charge in [-0.2, -0.15) is 0 Å². The molecule has 2 fully saturated rings. The van der Waals surface area contributed by atoms with Crippen molar-refractivity contribution in [2.24, 2.45) is 5.92 Å². The maximum absolute atomic E-state index is 12.6. The van der Waals surface area contributed by atoms with E-state index in [1.54, 1.807) is 24.0 Å². The summed E-state index contributed by atoms with van der Waals surface area (Å²) in [7, 11) is 0. The van der Waals surface area contributed by atoms with Gasteiger partial charge in [-0.15, -0.1) is 0 Å². The van der Waals surface area contributed by atoms with Gasteiger partial charge in [0.25, 0.3) is 5.91 Å². The van der Waals surface area contributed by atoms with Crippen LogP contribution in [-0.4, -0.2) is 53.7 Å². The van der Waals surface area contributed by atoms with Gasteiger partial charge in [0.2, 0.25) is 5.91 Å². The van der Waals surface area contributed by atoms with E-state index in [2.05, 4.69) is 12.2 Å². The Morgan fingerprint density at radius 3 is 2.91 bits per heavy atom. The molecule has 2 heterocycles. The quantitative estimate of drug-likeness (QED) is 0.558. The van der Waals surface area contributed by atoms with Crippen LogP contribution in [0.2, 0.25) is 0 Å². The normalized spacial score (nSPS) is 22.0. The van der Waals surface area contributed by atoms with Crippen LogP contribution in [0.5, 0.6) is 5.75 Å². The Labute approximate surface area is 205 Å². The molecule has 8 heteroatoms. The largest absolute Gasteiger partial charge is 0.483 e. The van der Waals surface area contributed by atoms with Gasteiger partial charge in [0.05, 0.1) is 12.1 Å². The predicted molar refractivity (Wildman–Crippen MR) is 132 cm³/mol. The average Bonchev–Trinajstić information content (AvgIpc) is 2.85. The average molecular weight is 485 g/mol. The zero-order valence-corrected chi connectivity index (χ0v) is 20.7. The molecule has 1 aliphatic heterocycles. The molecule has 2 unspecified atom stereocenters. The number of carbonyl (C=O) groups is 2. The minimum atomic E-state index is -0.639. The summed E-state index contributed by atoms with van der Waals surface area (Å²) >= 11 is 0. The smallest absolute Gasteiger partial charge is 0.336 e. The summed E-state index contributed by atoms with van der Waals surface area (Å²) in [6.07, 6.45) is 7.27. The second-order valence-corrected chi connectivity index (χ2v) is 9.96. The number of amides is 2. The highest BCUT2D eigenvalue weighted by atomic mass is 16.5. The molecular formula is C27H36N2O6. The van der Waals surface area contributed by atoms with Crippen LogP contribution in [0.25, 0.3) is 11.0 Å². The van der Waals surface area contributed by atoms with E-state index < -0.39 is 17.1 Å². The molecule has 1 aliphatic carbocycles. The molecule has 0 spiro atoms. The van der Waals surface area contributed by atoms with Crippen LogP contribution in [0.4, 0.5) is 0 Å². The van der Waals surface area contributed by atoms with Crippen molar-refractivity contribution in [2.45, 2.75) is 70.8 Å². The van der Waals surface area contributed by atoms with Crippen LogP contribution in [0.3, 0.4) is 0 Å². The lowest BCUT2D eigenvalue weighted by atomic mass is 9.71. The van der Waals surface area contributed by atoms with Crippen LogP contribution in [-0.2, 0) is 16.0 Å². The molecule has 1 aromatic carbocycles. The molecule has 35 heavy (non-hydrogen) atoms. The summed E-state index contributed by atoms with van der Waals surface area (Å²) < 4.78 is 11.1. The number of aliphatic hydroxyl groups is 1. The van der Waals surface area contributed by atoms with E-state index in [1.807, 2.05) is 6.07 Å². The number of rotatable bonds is 8. The highest BCUT2D eigenvalue weighted by Crippen LogP contribution is 2.39. The van der Waals surface area contributed by atoms with Crippen molar-refractivity contribution in [2.75, 3.05) is 26.2 Å². The number of fused-ring (bicyclic) bond motifs is 2. The Morgan fingerprint density at radius 1 is 1.29 bits per heavy atom. The first-order valence-electron chi connectivity index (χ1n) is 12.8. The van der Waals surface area contributed by atoms with E-state index in [1.165, 1.54) is 0 Å². The molecule has 4 rings (SSSR count). The third-order valence-corrected chi connectivity index (χ3v) is 7.57. The lowest BCUT2D eigenvalue weighted by molar-refractivity contribution is -0.143. The molecule has 0 radical (unpaired) electrons. The van der Waals surface area contributed by atoms with E-state index >= 15 is 0 Å². The van der Waals surface area contributed by atoms with E-state index in [0.717, 1.165) is 55.9 Å². The topological polar surface area (TPSA) is 109 Å². The summed E-state index contributed by atoms with van der Waals surface area (Å²) in [6, 6.07) is 5.18. The zero-order valence-electron chi connectivity index (χ0n) is 20.7. The van der Waals surface area contributed by atoms with Gasteiger partial charge in [-0.1, -0.05) is 26.2 Å². The molecule has 1 saturated carbocycles. The Kier molecular flexibility index (Phi) is 7.79. The van der Waals surface area contributed by atoms with Gasteiger partial charge in [0.1, 0.15) is 11.3 Å². The van der Waals surface area contributed by atoms with Crippen molar-refractivity contribution in [1.82, 2.24) is 10.2 Å². The van der Waals surface area contributed by atoms with Crippen molar-refractivity contribution >= 4 is 22.8 Å². The molecular weight excluding hydrogens is 448 g/mol. The van der Waals surface area contributed by atoms with Crippen molar-refractivity contribution < 1.29 is 23.8 Å². The molecule has 8 nitrogen and oxygen atoms in total. The number of ether oxygens (including phenoxy) is 1.